The van der Waals surface area contributed by atoms with E-state index < -0.39 is 0 Å². The fraction of sp³-hybridized carbons (Fsp3) is 0.357. The van der Waals surface area contributed by atoms with Gasteiger partial charge in [-0.3, -0.25) is 9.97 Å². The van der Waals surface area contributed by atoms with Gasteiger partial charge in [0.1, 0.15) is 5.82 Å². The van der Waals surface area contributed by atoms with Gasteiger partial charge in [-0.25, -0.2) is 4.98 Å². The molecule has 100 valence electrons. The maximum absolute atomic E-state index is 5.79. The molecule has 0 saturated heterocycles. The third kappa shape index (κ3) is 3.64. The van der Waals surface area contributed by atoms with Crippen molar-refractivity contribution in [3.05, 3.63) is 47.7 Å². The number of nitrogens with zero attached hydrogens (tertiary/aromatic N) is 4. The van der Waals surface area contributed by atoms with E-state index in [1.165, 1.54) is 0 Å². The standard InChI is InChI=1S/C14H17ClN4/c1-3-19(10-12-6-4-5-11(2)17-12)14-9-16-8-13(7-15)18-14/h4-6,8-9H,3,7,10H2,1-2H3. The van der Waals surface area contributed by atoms with Gasteiger partial charge in [0.2, 0.25) is 0 Å². The third-order valence-corrected chi connectivity index (χ3v) is 3.09. The van der Waals surface area contributed by atoms with Crippen molar-refractivity contribution in [2.24, 2.45) is 0 Å². The van der Waals surface area contributed by atoms with E-state index in [1.54, 1.807) is 12.4 Å². The van der Waals surface area contributed by atoms with Crippen molar-refractivity contribution in [3.63, 3.8) is 0 Å². The molecule has 0 aliphatic carbocycles. The summed E-state index contributed by atoms with van der Waals surface area (Å²) < 4.78 is 0. The minimum atomic E-state index is 0.376. The first-order valence-electron chi connectivity index (χ1n) is 6.27. The molecule has 2 rings (SSSR count). The molecule has 0 unspecified atom stereocenters. The number of halogens is 1. The molecule has 0 bridgehead atoms. The molecule has 4 nitrogen and oxygen atoms in total. The highest BCUT2D eigenvalue weighted by Gasteiger charge is 2.09. The molecular formula is C14H17ClN4. The van der Waals surface area contributed by atoms with Crippen LogP contribution in [-0.2, 0) is 12.4 Å². The van der Waals surface area contributed by atoms with Crippen molar-refractivity contribution < 1.29 is 0 Å². The highest BCUT2D eigenvalue weighted by Crippen LogP contribution is 2.14. The van der Waals surface area contributed by atoms with Crippen LogP contribution in [0.15, 0.2) is 30.6 Å². The molecule has 0 amide bonds. The van der Waals surface area contributed by atoms with Crippen LogP contribution in [0.25, 0.3) is 0 Å². The number of hydrogen-bond acceptors (Lipinski definition) is 4. The van der Waals surface area contributed by atoms with Crippen LogP contribution >= 0.6 is 11.6 Å². The van der Waals surface area contributed by atoms with Crippen LogP contribution in [0, 0.1) is 6.92 Å². The number of anilines is 1. The van der Waals surface area contributed by atoms with E-state index in [0.717, 1.165) is 36.0 Å². The predicted octanol–water partition coefficient (Wildman–Crippen LogP) is 2.95. The van der Waals surface area contributed by atoms with Gasteiger partial charge in [-0.15, -0.1) is 11.6 Å². The molecule has 2 heterocycles. The number of aromatic nitrogens is 3. The van der Waals surface area contributed by atoms with Gasteiger partial charge in [0, 0.05) is 18.4 Å². The predicted molar refractivity (Wildman–Crippen MR) is 77.3 cm³/mol. The van der Waals surface area contributed by atoms with Crippen molar-refractivity contribution in [1.82, 2.24) is 15.0 Å². The van der Waals surface area contributed by atoms with Gasteiger partial charge in [0.05, 0.1) is 30.0 Å². The molecule has 0 spiro atoms. The molecule has 0 saturated carbocycles. The largest absolute Gasteiger partial charge is 0.350 e. The summed E-state index contributed by atoms with van der Waals surface area (Å²) in [5, 5.41) is 0. The van der Waals surface area contributed by atoms with E-state index in [0.29, 0.717) is 5.88 Å². The molecule has 0 N–H and O–H groups in total. The van der Waals surface area contributed by atoms with Crippen molar-refractivity contribution in [2.45, 2.75) is 26.3 Å². The van der Waals surface area contributed by atoms with Crippen LogP contribution < -0.4 is 4.90 Å². The van der Waals surface area contributed by atoms with Crippen LogP contribution in [0.3, 0.4) is 0 Å². The van der Waals surface area contributed by atoms with Gasteiger partial charge in [-0.05, 0) is 26.0 Å². The fourth-order valence-electron chi connectivity index (χ4n) is 1.85. The van der Waals surface area contributed by atoms with Crippen molar-refractivity contribution in [2.75, 3.05) is 11.4 Å². The Morgan fingerprint density at radius 1 is 1.16 bits per heavy atom. The van der Waals surface area contributed by atoms with Gasteiger partial charge in [-0.2, -0.15) is 0 Å². The molecule has 0 radical (unpaired) electrons. The lowest BCUT2D eigenvalue weighted by Gasteiger charge is -2.21. The summed E-state index contributed by atoms with van der Waals surface area (Å²) >= 11 is 5.79. The zero-order valence-corrected chi connectivity index (χ0v) is 11.9. The Kier molecular flexibility index (Phi) is 4.68. The number of rotatable bonds is 5. The van der Waals surface area contributed by atoms with E-state index >= 15 is 0 Å². The molecule has 0 aliphatic heterocycles. The van der Waals surface area contributed by atoms with Crippen LogP contribution in [0.1, 0.15) is 24.0 Å². The fourth-order valence-corrected chi connectivity index (χ4v) is 1.98. The second-order valence-electron chi connectivity index (χ2n) is 4.29. The molecule has 5 heteroatoms. The Balaban J connectivity index is 2.19. The van der Waals surface area contributed by atoms with Gasteiger partial charge in [0.25, 0.3) is 0 Å². The number of hydrogen-bond donors (Lipinski definition) is 0. The van der Waals surface area contributed by atoms with Gasteiger partial charge in [-0.1, -0.05) is 6.07 Å². The monoisotopic (exact) mass is 276 g/mol. The average Bonchev–Trinajstić information content (AvgIpc) is 2.45. The summed E-state index contributed by atoms with van der Waals surface area (Å²) in [7, 11) is 0. The van der Waals surface area contributed by atoms with E-state index in [2.05, 4.69) is 26.8 Å². The lowest BCUT2D eigenvalue weighted by molar-refractivity contribution is 0.783. The van der Waals surface area contributed by atoms with Crippen LogP contribution in [0.2, 0.25) is 0 Å². The number of aryl methyl sites for hydroxylation is 1. The molecule has 0 aromatic carbocycles. The molecule has 2 aromatic heterocycles. The smallest absolute Gasteiger partial charge is 0.147 e. The van der Waals surface area contributed by atoms with Crippen LogP contribution in [0.5, 0.6) is 0 Å². The van der Waals surface area contributed by atoms with E-state index in [9.17, 15) is 0 Å². The lowest BCUT2D eigenvalue weighted by atomic mass is 10.3. The highest BCUT2D eigenvalue weighted by molar-refractivity contribution is 6.16. The Morgan fingerprint density at radius 3 is 2.68 bits per heavy atom. The first-order chi connectivity index (χ1) is 9.22. The van der Waals surface area contributed by atoms with E-state index in [4.69, 9.17) is 11.6 Å². The van der Waals surface area contributed by atoms with E-state index in [-0.39, 0.29) is 0 Å². The lowest BCUT2D eigenvalue weighted by Crippen LogP contribution is -2.24. The zero-order valence-electron chi connectivity index (χ0n) is 11.2. The first kappa shape index (κ1) is 13.7. The summed E-state index contributed by atoms with van der Waals surface area (Å²) in [4.78, 5) is 15.3. The minimum Gasteiger partial charge on any atom is -0.350 e. The molecule has 19 heavy (non-hydrogen) atoms. The van der Waals surface area contributed by atoms with Crippen molar-refractivity contribution >= 4 is 17.4 Å². The SMILES string of the molecule is CCN(Cc1cccc(C)n1)c1cncc(CCl)n1. The first-order valence-corrected chi connectivity index (χ1v) is 6.80. The molecule has 2 aromatic rings. The molecular weight excluding hydrogens is 260 g/mol. The third-order valence-electron chi connectivity index (χ3n) is 2.81. The molecule has 0 atom stereocenters. The summed E-state index contributed by atoms with van der Waals surface area (Å²) in [6.45, 7) is 5.65. The summed E-state index contributed by atoms with van der Waals surface area (Å²) in [6, 6.07) is 6.04. The molecule has 0 fully saturated rings. The van der Waals surface area contributed by atoms with Gasteiger partial charge < -0.3 is 4.90 Å². The van der Waals surface area contributed by atoms with Crippen molar-refractivity contribution in [1.29, 1.82) is 0 Å². The summed E-state index contributed by atoms with van der Waals surface area (Å²) in [6.07, 6.45) is 3.45. The second kappa shape index (κ2) is 6.48. The second-order valence-corrected chi connectivity index (χ2v) is 4.55. The normalized spacial score (nSPS) is 10.5. The minimum absolute atomic E-state index is 0.376. The number of alkyl halides is 1. The van der Waals surface area contributed by atoms with Crippen LogP contribution in [0.4, 0.5) is 5.82 Å². The maximum atomic E-state index is 5.79. The Morgan fingerprint density at radius 2 is 2.00 bits per heavy atom. The van der Waals surface area contributed by atoms with Crippen molar-refractivity contribution in [3.8, 4) is 0 Å². The Bertz CT molecular complexity index is 544. The number of pyridine rings is 1. The van der Waals surface area contributed by atoms with Gasteiger partial charge in [0.15, 0.2) is 0 Å². The summed E-state index contributed by atoms with van der Waals surface area (Å²) in [5.41, 5.74) is 2.84. The van der Waals surface area contributed by atoms with E-state index in [1.807, 2.05) is 25.1 Å². The average molecular weight is 277 g/mol. The Labute approximate surface area is 118 Å². The van der Waals surface area contributed by atoms with Crippen LogP contribution in [-0.4, -0.2) is 21.5 Å². The highest BCUT2D eigenvalue weighted by atomic mass is 35.5. The maximum Gasteiger partial charge on any atom is 0.147 e. The van der Waals surface area contributed by atoms with Gasteiger partial charge >= 0.3 is 0 Å². The topological polar surface area (TPSA) is 41.9 Å². The Hall–Kier alpha value is -1.68. The summed E-state index contributed by atoms with van der Waals surface area (Å²) in [5.74, 6) is 1.21. The molecule has 0 aliphatic rings. The quantitative estimate of drug-likeness (QED) is 0.788. The zero-order chi connectivity index (χ0) is 13.7.